The van der Waals surface area contributed by atoms with Gasteiger partial charge < -0.3 is 13.7 Å². The lowest BCUT2D eigenvalue weighted by Gasteiger charge is -2.07. The molecule has 25 heavy (non-hydrogen) atoms. The quantitative estimate of drug-likeness (QED) is 0.671. The summed E-state index contributed by atoms with van der Waals surface area (Å²) in [5.74, 6) is 0.291. The Morgan fingerprint density at radius 3 is 3.04 bits per heavy atom. The van der Waals surface area contributed by atoms with E-state index >= 15 is 0 Å². The third-order valence-electron chi connectivity index (χ3n) is 4.32. The van der Waals surface area contributed by atoms with Crippen LogP contribution in [0.3, 0.4) is 0 Å². The van der Waals surface area contributed by atoms with E-state index in [0.717, 1.165) is 35.0 Å². The van der Waals surface area contributed by atoms with Gasteiger partial charge in [-0.05, 0) is 25.0 Å². The zero-order valence-corrected chi connectivity index (χ0v) is 13.9. The highest BCUT2D eigenvalue weighted by Gasteiger charge is 2.15. The third kappa shape index (κ3) is 2.89. The summed E-state index contributed by atoms with van der Waals surface area (Å²) in [5.41, 5.74) is 3.22. The summed E-state index contributed by atoms with van der Waals surface area (Å²) in [5, 5.41) is 0.990. The van der Waals surface area contributed by atoms with Gasteiger partial charge in [0.15, 0.2) is 0 Å². The minimum Gasteiger partial charge on any atom is -0.465 e. The van der Waals surface area contributed by atoms with Crippen molar-refractivity contribution in [3.63, 3.8) is 0 Å². The van der Waals surface area contributed by atoms with Crippen molar-refractivity contribution in [2.24, 2.45) is 0 Å². The van der Waals surface area contributed by atoms with Crippen molar-refractivity contribution >= 4 is 22.4 Å². The zero-order valence-electron chi connectivity index (χ0n) is 13.9. The Morgan fingerprint density at radius 1 is 1.32 bits per heavy atom. The minimum atomic E-state index is -0.344. The van der Waals surface area contributed by atoms with E-state index in [1.807, 2.05) is 35.0 Å². The fourth-order valence-corrected chi connectivity index (χ4v) is 3.13. The number of benzene rings is 1. The molecule has 0 unspecified atom stereocenters. The van der Waals surface area contributed by atoms with E-state index in [1.54, 1.807) is 12.3 Å². The molecule has 1 aliphatic carbocycles. The van der Waals surface area contributed by atoms with Gasteiger partial charge in [0.1, 0.15) is 6.26 Å². The second kappa shape index (κ2) is 6.43. The normalized spacial score (nSPS) is 13.9. The van der Waals surface area contributed by atoms with E-state index < -0.39 is 0 Å². The average molecular weight is 334 g/mol. The van der Waals surface area contributed by atoms with Crippen molar-refractivity contribution in [1.82, 2.24) is 9.55 Å². The lowest BCUT2D eigenvalue weighted by atomic mass is 10.1. The number of ether oxygens (including phenoxy) is 1. The number of fused-ring (bicyclic) bond motifs is 1. The molecule has 0 saturated carbocycles. The maximum Gasteiger partial charge on any atom is 0.340 e. The van der Waals surface area contributed by atoms with Crippen LogP contribution >= 0.6 is 0 Å². The van der Waals surface area contributed by atoms with Crippen LogP contribution in [-0.2, 0) is 11.3 Å². The van der Waals surface area contributed by atoms with Gasteiger partial charge in [0.2, 0.25) is 5.89 Å². The van der Waals surface area contributed by atoms with Crippen molar-refractivity contribution < 1.29 is 13.9 Å². The number of hydrogen-bond acceptors (Lipinski definition) is 4. The first-order valence-electron chi connectivity index (χ1n) is 8.24. The van der Waals surface area contributed by atoms with Crippen LogP contribution < -0.4 is 0 Å². The molecule has 0 radical (unpaired) electrons. The molecule has 0 fully saturated rings. The van der Waals surface area contributed by atoms with Crippen LogP contribution in [0, 0.1) is 0 Å². The Bertz CT molecular complexity index is 991. The molecule has 1 aliphatic rings. The van der Waals surface area contributed by atoms with E-state index in [-0.39, 0.29) is 5.97 Å². The Kier molecular flexibility index (Phi) is 3.98. The largest absolute Gasteiger partial charge is 0.465 e. The number of carbonyl (C=O) groups is 1. The second-order valence-corrected chi connectivity index (χ2v) is 5.96. The highest BCUT2D eigenvalue weighted by Crippen LogP contribution is 2.24. The molecule has 0 atom stereocenters. The first-order valence-corrected chi connectivity index (χ1v) is 8.24. The summed E-state index contributed by atoms with van der Waals surface area (Å²) in [6.07, 6.45) is 12.0. The van der Waals surface area contributed by atoms with Gasteiger partial charge in [-0.15, -0.1) is 0 Å². The van der Waals surface area contributed by atoms with Gasteiger partial charge in [-0.1, -0.05) is 30.4 Å². The minimum absolute atomic E-state index is 0.344. The van der Waals surface area contributed by atoms with Gasteiger partial charge in [-0.2, -0.15) is 0 Å². The molecule has 1 aromatic carbocycles. The highest BCUT2D eigenvalue weighted by molar-refractivity contribution is 6.03. The van der Waals surface area contributed by atoms with Crippen LogP contribution in [0.4, 0.5) is 0 Å². The lowest BCUT2D eigenvalue weighted by molar-refractivity contribution is 0.0602. The molecule has 2 aromatic heterocycles. The van der Waals surface area contributed by atoms with Crippen molar-refractivity contribution in [3.8, 4) is 0 Å². The van der Waals surface area contributed by atoms with Crippen LogP contribution in [-0.4, -0.2) is 22.6 Å². The maximum absolute atomic E-state index is 12.1. The van der Waals surface area contributed by atoms with Crippen molar-refractivity contribution in [3.05, 3.63) is 72.1 Å². The van der Waals surface area contributed by atoms with Gasteiger partial charge in [-0.3, -0.25) is 0 Å². The summed E-state index contributed by atoms with van der Waals surface area (Å²) < 4.78 is 12.5. The lowest BCUT2D eigenvalue weighted by Crippen LogP contribution is -2.06. The maximum atomic E-state index is 12.1. The van der Waals surface area contributed by atoms with Crippen molar-refractivity contribution in [2.45, 2.75) is 19.4 Å². The molecule has 0 bridgehead atoms. The molecular weight excluding hydrogens is 316 g/mol. The number of methoxy groups -OCH3 is 1. The predicted molar refractivity (Wildman–Crippen MR) is 95.2 cm³/mol. The summed E-state index contributed by atoms with van der Waals surface area (Å²) in [7, 11) is 1.39. The molecule has 5 heteroatoms. The molecular formula is C20H18N2O3. The highest BCUT2D eigenvalue weighted by atomic mass is 16.5. The second-order valence-electron chi connectivity index (χ2n) is 5.96. The number of para-hydroxylation sites is 1. The molecule has 0 aliphatic heterocycles. The Balaban J connectivity index is 1.67. The zero-order chi connectivity index (χ0) is 17.2. The van der Waals surface area contributed by atoms with Crippen molar-refractivity contribution in [1.29, 1.82) is 0 Å². The van der Waals surface area contributed by atoms with E-state index in [1.165, 1.54) is 7.11 Å². The van der Waals surface area contributed by atoms with E-state index in [4.69, 9.17) is 9.15 Å². The Morgan fingerprint density at radius 2 is 2.24 bits per heavy atom. The summed E-state index contributed by atoms with van der Waals surface area (Å²) in [4.78, 5) is 16.6. The molecule has 2 heterocycles. The first kappa shape index (κ1) is 15.4. The first-order chi connectivity index (χ1) is 12.3. The van der Waals surface area contributed by atoms with E-state index in [9.17, 15) is 4.79 Å². The number of carbonyl (C=O) groups excluding carboxylic acids is 1. The number of esters is 1. The summed E-state index contributed by atoms with van der Waals surface area (Å²) in [6, 6.07) is 7.59. The predicted octanol–water partition coefficient (Wildman–Crippen LogP) is 4.20. The smallest absolute Gasteiger partial charge is 0.340 e. The third-order valence-corrected chi connectivity index (χ3v) is 4.32. The molecule has 3 aromatic rings. The van der Waals surface area contributed by atoms with Gasteiger partial charge in [0, 0.05) is 17.2 Å². The summed E-state index contributed by atoms with van der Waals surface area (Å²) >= 11 is 0. The number of aromatic nitrogens is 2. The average Bonchev–Trinajstić information content (AvgIpc) is 3.29. The molecule has 126 valence electrons. The number of allylic oxidation sites excluding steroid dienone is 4. The topological polar surface area (TPSA) is 57.3 Å². The van der Waals surface area contributed by atoms with Crippen LogP contribution in [0.1, 0.15) is 34.8 Å². The number of oxazole rings is 1. The van der Waals surface area contributed by atoms with Crippen LogP contribution in [0.5, 0.6) is 0 Å². The van der Waals surface area contributed by atoms with Gasteiger partial charge in [0.05, 0.1) is 30.4 Å². The standard InChI is InChI=1S/C20H18N2O3/c1-24-20(23)17-9-5-8-14-10-11-22(18(14)17)12-16-13-25-19(21-16)15-6-3-2-4-7-15/h3,5-11,13H,2,4,12H2,1H3. The summed E-state index contributed by atoms with van der Waals surface area (Å²) in [6.45, 7) is 0.526. The van der Waals surface area contributed by atoms with Crippen LogP contribution in [0.2, 0.25) is 0 Å². The van der Waals surface area contributed by atoms with Gasteiger partial charge >= 0.3 is 5.97 Å². The van der Waals surface area contributed by atoms with Crippen LogP contribution in [0.15, 0.2) is 59.4 Å². The molecule has 0 N–H and O–H groups in total. The molecule has 4 rings (SSSR count). The molecule has 5 nitrogen and oxygen atoms in total. The number of hydrogen-bond donors (Lipinski definition) is 0. The van der Waals surface area contributed by atoms with Gasteiger partial charge in [-0.25, -0.2) is 9.78 Å². The Hall–Kier alpha value is -3.08. The van der Waals surface area contributed by atoms with Crippen LogP contribution in [0.25, 0.3) is 16.5 Å². The monoisotopic (exact) mass is 334 g/mol. The molecule has 0 saturated heterocycles. The SMILES string of the molecule is COC(=O)c1cccc2ccn(Cc3coc(C4=CCCC=C4)n3)c12. The van der Waals surface area contributed by atoms with E-state index in [2.05, 4.69) is 17.1 Å². The fraction of sp³-hybridized carbons (Fsp3) is 0.200. The Labute approximate surface area is 145 Å². The molecule has 0 spiro atoms. The van der Waals surface area contributed by atoms with Gasteiger partial charge in [0.25, 0.3) is 0 Å². The number of rotatable bonds is 4. The van der Waals surface area contributed by atoms with E-state index in [0.29, 0.717) is 18.0 Å². The van der Waals surface area contributed by atoms with Crippen molar-refractivity contribution in [2.75, 3.05) is 7.11 Å². The molecule has 0 amide bonds. The number of nitrogens with zero attached hydrogens (tertiary/aromatic N) is 2. The fourth-order valence-electron chi connectivity index (χ4n) is 3.13.